The summed E-state index contributed by atoms with van der Waals surface area (Å²) in [5, 5.41) is 0.671. The molecule has 0 unspecified atom stereocenters. The first-order valence-corrected chi connectivity index (χ1v) is 7.63. The van der Waals surface area contributed by atoms with E-state index in [4.69, 9.17) is 17.0 Å². The van der Waals surface area contributed by atoms with Crippen molar-refractivity contribution in [2.24, 2.45) is 0 Å². The summed E-state index contributed by atoms with van der Waals surface area (Å²) < 4.78 is 5.93. The molecule has 1 aromatic rings. The van der Waals surface area contributed by atoms with E-state index in [-0.39, 0.29) is 12.0 Å². The quantitative estimate of drug-likeness (QED) is 0.591. The van der Waals surface area contributed by atoms with Gasteiger partial charge in [-0.05, 0) is 36.8 Å². The SMILES string of the molecule is COC(=O)C1=C(C)N(C)C(=S)N(C)[C@H]1c1cccc(Br)c1. The normalized spacial score (nSPS) is 19.1. The molecule has 1 heterocycles. The van der Waals surface area contributed by atoms with Crippen molar-refractivity contribution in [1.29, 1.82) is 0 Å². The Morgan fingerprint density at radius 2 is 2.05 bits per heavy atom. The Balaban J connectivity index is 2.64. The Morgan fingerprint density at radius 3 is 2.62 bits per heavy atom. The summed E-state index contributed by atoms with van der Waals surface area (Å²) in [5.41, 5.74) is 2.41. The Kier molecular flexibility index (Phi) is 4.68. The van der Waals surface area contributed by atoms with Crippen molar-refractivity contribution in [3.63, 3.8) is 0 Å². The van der Waals surface area contributed by atoms with E-state index in [1.807, 2.05) is 55.1 Å². The first-order chi connectivity index (χ1) is 9.88. The van der Waals surface area contributed by atoms with Gasteiger partial charge in [-0.1, -0.05) is 28.1 Å². The molecule has 6 heteroatoms. The van der Waals surface area contributed by atoms with Crippen molar-refractivity contribution in [2.75, 3.05) is 21.2 Å². The van der Waals surface area contributed by atoms with Gasteiger partial charge in [0.25, 0.3) is 0 Å². The lowest BCUT2D eigenvalue weighted by Gasteiger charge is -2.41. The van der Waals surface area contributed by atoms with Crippen LogP contribution in [0.4, 0.5) is 0 Å². The molecule has 1 atom stereocenters. The smallest absolute Gasteiger partial charge is 0.337 e. The largest absolute Gasteiger partial charge is 0.466 e. The van der Waals surface area contributed by atoms with E-state index in [1.165, 1.54) is 7.11 Å². The molecule has 0 fully saturated rings. The summed E-state index contributed by atoms with van der Waals surface area (Å²) in [6.07, 6.45) is 0. The lowest BCUT2D eigenvalue weighted by atomic mass is 9.94. The second-order valence-corrected chi connectivity index (χ2v) is 6.18. The Labute approximate surface area is 138 Å². The summed E-state index contributed by atoms with van der Waals surface area (Å²) in [7, 11) is 5.14. The van der Waals surface area contributed by atoms with Crippen molar-refractivity contribution in [3.05, 3.63) is 45.6 Å². The summed E-state index contributed by atoms with van der Waals surface area (Å²) >= 11 is 8.94. The molecule has 0 spiro atoms. The zero-order valence-corrected chi connectivity index (χ0v) is 14.8. The number of rotatable bonds is 2. The third-order valence-corrected chi connectivity index (χ3v) is 4.77. The van der Waals surface area contributed by atoms with Gasteiger partial charge in [0, 0.05) is 24.3 Å². The lowest BCUT2D eigenvalue weighted by molar-refractivity contribution is -0.137. The fourth-order valence-corrected chi connectivity index (χ4v) is 3.16. The minimum Gasteiger partial charge on any atom is -0.466 e. The van der Waals surface area contributed by atoms with Crippen molar-refractivity contribution >= 4 is 39.2 Å². The van der Waals surface area contributed by atoms with Gasteiger partial charge in [-0.2, -0.15) is 0 Å². The van der Waals surface area contributed by atoms with E-state index in [0.717, 1.165) is 15.7 Å². The highest BCUT2D eigenvalue weighted by molar-refractivity contribution is 9.10. The molecule has 0 aromatic heterocycles. The molecule has 0 aliphatic carbocycles. The number of carbonyl (C=O) groups excluding carboxylic acids is 1. The Bertz CT molecular complexity index is 630. The van der Waals surface area contributed by atoms with Crippen molar-refractivity contribution < 1.29 is 9.53 Å². The zero-order chi connectivity index (χ0) is 15.7. The van der Waals surface area contributed by atoms with E-state index >= 15 is 0 Å². The number of benzene rings is 1. The van der Waals surface area contributed by atoms with Crippen LogP contribution in [0.15, 0.2) is 40.0 Å². The van der Waals surface area contributed by atoms with Crippen LogP contribution in [0.3, 0.4) is 0 Å². The first kappa shape index (κ1) is 16.0. The molecule has 1 aliphatic rings. The highest BCUT2D eigenvalue weighted by atomic mass is 79.9. The maximum Gasteiger partial charge on any atom is 0.337 e. The molecule has 2 rings (SSSR count). The summed E-state index contributed by atoms with van der Waals surface area (Å²) in [5.74, 6) is -0.335. The number of ether oxygens (including phenoxy) is 1. The summed E-state index contributed by atoms with van der Waals surface area (Å²) in [6.45, 7) is 1.89. The molecule has 4 nitrogen and oxygen atoms in total. The third kappa shape index (κ3) is 2.82. The number of hydrogen-bond donors (Lipinski definition) is 0. The highest BCUT2D eigenvalue weighted by Crippen LogP contribution is 2.36. The molecule has 0 bridgehead atoms. The van der Waals surface area contributed by atoms with Gasteiger partial charge >= 0.3 is 5.97 Å². The second-order valence-electron chi connectivity index (χ2n) is 4.90. The van der Waals surface area contributed by atoms with Crippen LogP contribution in [0, 0.1) is 0 Å². The Morgan fingerprint density at radius 1 is 1.38 bits per heavy atom. The van der Waals surface area contributed by atoms with E-state index in [1.54, 1.807) is 0 Å². The van der Waals surface area contributed by atoms with Crippen molar-refractivity contribution in [2.45, 2.75) is 13.0 Å². The van der Waals surface area contributed by atoms with Gasteiger partial charge < -0.3 is 14.5 Å². The monoisotopic (exact) mass is 368 g/mol. The average Bonchev–Trinajstić information content (AvgIpc) is 2.47. The van der Waals surface area contributed by atoms with Crippen LogP contribution in [-0.2, 0) is 9.53 Å². The molecule has 21 heavy (non-hydrogen) atoms. The minimum absolute atomic E-state index is 0.251. The van der Waals surface area contributed by atoms with Crippen molar-refractivity contribution in [3.8, 4) is 0 Å². The van der Waals surface area contributed by atoms with Gasteiger partial charge in [-0.25, -0.2) is 4.79 Å². The van der Waals surface area contributed by atoms with Gasteiger partial charge in [-0.15, -0.1) is 0 Å². The highest BCUT2D eigenvalue weighted by Gasteiger charge is 2.37. The molecule has 0 saturated carbocycles. The maximum absolute atomic E-state index is 12.3. The number of halogens is 1. The number of nitrogens with zero attached hydrogens (tertiary/aromatic N) is 2. The van der Waals surface area contributed by atoms with Gasteiger partial charge in [0.15, 0.2) is 5.11 Å². The fourth-order valence-electron chi connectivity index (χ4n) is 2.50. The molecule has 112 valence electrons. The van der Waals surface area contributed by atoms with Gasteiger partial charge in [0.05, 0.1) is 18.7 Å². The lowest BCUT2D eigenvalue weighted by Crippen LogP contribution is -2.47. The molecule has 1 aliphatic heterocycles. The van der Waals surface area contributed by atoms with Gasteiger partial charge in [0.1, 0.15) is 0 Å². The van der Waals surface area contributed by atoms with E-state index in [2.05, 4.69) is 15.9 Å². The summed E-state index contributed by atoms with van der Waals surface area (Å²) in [6, 6.07) is 7.62. The first-order valence-electron chi connectivity index (χ1n) is 6.43. The number of hydrogen-bond acceptors (Lipinski definition) is 3. The van der Waals surface area contributed by atoms with Crippen LogP contribution < -0.4 is 0 Å². The van der Waals surface area contributed by atoms with Crippen LogP contribution in [-0.4, -0.2) is 42.1 Å². The minimum atomic E-state index is -0.335. The van der Waals surface area contributed by atoms with E-state index < -0.39 is 0 Å². The number of carbonyl (C=O) groups is 1. The predicted octanol–water partition coefficient (Wildman–Crippen LogP) is 3.10. The van der Waals surface area contributed by atoms with Crippen LogP contribution in [0.1, 0.15) is 18.5 Å². The number of esters is 1. The molecule has 0 radical (unpaired) electrons. The summed E-state index contributed by atoms with van der Waals surface area (Å²) in [4.78, 5) is 16.0. The molecule has 1 aromatic carbocycles. The fraction of sp³-hybridized carbons (Fsp3) is 0.333. The molecule has 0 N–H and O–H groups in total. The maximum atomic E-state index is 12.3. The number of allylic oxidation sites excluding steroid dienone is 1. The van der Waals surface area contributed by atoms with Gasteiger partial charge in [0.2, 0.25) is 0 Å². The van der Waals surface area contributed by atoms with E-state index in [0.29, 0.717) is 10.7 Å². The molecular weight excluding hydrogens is 352 g/mol. The standard InChI is InChI=1S/C15H17BrN2O2S/c1-9-12(14(19)20-4)13(18(3)15(21)17(9)2)10-6-5-7-11(16)8-10/h5-8,13H,1-4H3/t13-/m0/s1. The van der Waals surface area contributed by atoms with Crippen LogP contribution in [0.25, 0.3) is 0 Å². The Hall–Kier alpha value is -1.40. The molecular formula is C15H17BrN2O2S. The number of thiocarbonyl (C=S) groups is 1. The third-order valence-electron chi connectivity index (χ3n) is 3.71. The van der Waals surface area contributed by atoms with E-state index in [9.17, 15) is 4.79 Å². The van der Waals surface area contributed by atoms with Crippen LogP contribution in [0.5, 0.6) is 0 Å². The number of methoxy groups -OCH3 is 1. The topological polar surface area (TPSA) is 32.8 Å². The average molecular weight is 369 g/mol. The van der Waals surface area contributed by atoms with Crippen LogP contribution >= 0.6 is 28.1 Å². The molecule has 0 saturated heterocycles. The number of likely N-dealkylation sites (N-methyl/N-ethyl adjacent to an activating group) is 1. The van der Waals surface area contributed by atoms with Crippen LogP contribution in [0.2, 0.25) is 0 Å². The zero-order valence-electron chi connectivity index (χ0n) is 12.4. The van der Waals surface area contributed by atoms with Gasteiger partial charge in [-0.3, -0.25) is 0 Å². The predicted molar refractivity (Wildman–Crippen MR) is 89.7 cm³/mol. The van der Waals surface area contributed by atoms with Crippen molar-refractivity contribution in [1.82, 2.24) is 9.80 Å². The second kappa shape index (κ2) is 6.15. The molecule has 0 amide bonds.